The zero-order valence-electron chi connectivity index (χ0n) is 22.4. The lowest BCUT2D eigenvalue weighted by Crippen LogP contribution is -2.44. The molecule has 3 aromatic rings. The lowest BCUT2D eigenvalue weighted by atomic mass is 9.96. The first-order valence-electron chi connectivity index (χ1n) is 13.3. The second kappa shape index (κ2) is 13.1. The van der Waals surface area contributed by atoms with Gasteiger partial charge in [-0.25, -0.2) is 4.98 Å². The number of nitrogens with one attached hydrogen (secondary N) is 3. The van der Waals surface area contributed by atoms with Gasteiger partial charge in [0.05, 0.1) is 12.1 Å². The number of nitrogens with zero attached hydrogens (tertiary/aromatic N) is 2. The van der Waals surface area contributed by atoms with E-state index in [0.29, 0.717) is 28.6 Å². The molecule has 1 aromatic heterocycles. The van der Waals surface area contributed by atoms with E-state index in [1.165, 1.54) is 0 Å². The Morgan fingerprint density at radius 1 is 1.08 bits per heavy atom. The Morgan fingerprint density at radius 3 is 2.44 bits per heavy atom. The van der Waals surface area contributed by atoms with Crippen LogP contribution in [0, 0.1) is 10.8 Å². The van der Waals surface area contributed by atoms with Crippen molar-refractivity contribution in [2.24, 2.45) is 0 Å². The molecule has 0 spiro atoms. The molecule has 0 bridgehead atoms. The summed E-state index contributed by atoms with van der Waals surface area (Å²) in [5, 5.41) is 31.2. The Morgan fingerprint density at radius 2 is 1.79 bits per heavy atom. The average molecular weight is 546 g/mol. The van der Waals surface area contributed by atoms with Crippen LogP contribution in [-0.2, 0) is 12.8 Å². The first-order valence-corrected chi connectivity index (χ1v) is 13.7. The largest absolute Gasteiger partial charge is 0.387 e. The lowest BCUT2D eigenvalue weighted by Gasteiger charge is -2.29. The fourth-order valence-electron chi connectivity index (χ4n) is 5.20. The Hall–Kier alpha value is -3.39. The minimum Gasteiger partial charge on any atom is -0.387 e. The minimum atomic E-state index is -0.644. The van der Waals surface area contributed by atoms with E-state index in [4.69, 9.17) is 22.4 Å². The van der Waals surface area contributed by atoms with Crippen molar-refractivity contribution in [3.8, 4) is 0 Å². The van der Waals surface area contributed by atoms with Gasteiger partial charge in [-0.2, -0.15) is 0 Å². The quantitative estimate of drug-likeness (QED) is 0.194. The lowest BCUT2D eigenvalue weighted by molar-refractivity contribution is 0.0769. The van der Waals surface area contributed by atoms with E-state index in [9.17, 15) is 9.90 Å². The van der Waals surface area contributed by atoms with Gasteiger partial charge in [-0.3, -0.25) is 4.79 Å². The van der Waals surface area contributed by atoms with Crippen LogP contribution >= 0.6 is 11.6 Å². The summed E-state index contributed by atoms with van der Waals surface area (Å²) in [6.45, 7) is 1.69. The summed E-state index contributed by atoms with van der Waals surface area (Å²) in [5.41, 5.74) is 4.24. The molecule has 7 nitrogen and oxygen atoms in total. The molecule has 0 saturated carbocycles. The SMILES string of the molecule is CC(=N)CC(=N)C(Cc1ccccc1)N(C)C(=O)c1ccc(CC2CCC(C(O)c3ccc(Cl)nc3)N2)cc1. The molecule has 4 N–H and O–H groups in total. The highest BCUT2D eigenvalue weighted by atomic mass is 35.5. The van der Waals surface area contributed by atoms with E-state index in [0.717, 1.165) is 36.0 Å². The standard InChI is InChI=1S/C31H36ClN5O2/c1-20(33)16-26(34)28(18-21-6-4-3-5-7-21)37(2)31(39)23-10-8-22(9-11-23)17-25-13-14-27(36-25)30(38)24-12-15-29(32)35-19-24/h3-12,15,19,25,27-28,30,33-34,36,38H,13-14,16-18H2,1-2H3. The van der Waals surface area contributed by atoms with E-state index in [2.05, 4.69) is 10.3 Å². The predicted molar refractivity (Wildman–Crippen MR) is 156 cm³/mol. The van der Waals surface area contributed by atoms with E-state index < -0.39 is 12.1 Å². The maximum Gasteiger partial charge on any atom is 0.254 e. The zero-order chi connectivity index (χ0) is 27.9. The van der Waals surface area contributed by atoms with Crippen LogP contribution in [0.4, 0.5) is 0 Å². The number of pyridine rings is 1. The Bertz CT molecular complexity index is 1280. The number of carbonyl (C=O) groups excluding carboxylic acids is 1. The van der Waals surface area contributed by atoms with E-state index in [1.807, 2.05) is 54.6 Å². The molecule has 4 atom stereocenters. The molecule has 39 heavy (non-hydrogen) atoms. The van der Waals surface area contributed by atoms with Crippen molar-refractivity contribution in [1.29, 1.82) is 10.8 Å². The van der Waals surface area contributed by atoms with Crippen LogP contribution in [0.15, 0.2) is 72.9 Å². The summed E-state index contributed by atoms with van der Waals surface area (Å²) in [5.74, 6) is -0.145. The second-order valence-electron chi connectivity index (χ2n) is 10.4. The summed E-state index contributed by atoms with van der Waals surface area (Å²) in [6.07, 6.45) is 4.35. The van der Waals surface area contributed by atoms with Crippen molar-refractivity contribution in [3.05, 3.63) is 100 Å². The number of likely N-dealkylation sites (N-methyl/N-ethyl adjacent to an activating group) is 1. The number of aliphatic hydroxyl groups excluding tert-OH is 1. The van der Waals surface area contributed by atoms with Crippen molar-refractivity contribution < 1.29 is 9.90 Å². The highest BCUT2D eigenvalue weighted by molar-refractivity contribution is 6.29. The van der Waals surface area contributed by atoms with Crippen molar-refractivity contribution in [1.82, 2.24) is 15.2 Å². The molecular formula is C31H36ClN5O2. The van der Waals surface area contributed by atoms with Gasteiger partial charge in [0.25, 0.3) is 5.91 Å². The molecule has 1 saturated heterocycles. The van der Waals surface area contributed by atoms with E-state index >= 15 is 0 Å². The number of aliphatic hydroxyl groups is 1. The summed E-state index contributed by atoms with van der Waals surface area (Å²) in [7, 11) is 1.74. The topological polar surface area (TPSA) is 113 Å². The van der Waals surface area contributed by atoms with Crippen LogP contribution in [0.3, 0.4) is 0 Å². The second-order valence-corrected chi connectivity index (χ2v) is 10.8. The summed E-state index contributed by atoms with van der Waals surface area (Å²) >= 11 is 5.87. The summed E-state index contributed by atoms with van der Waals surface area (Å²) < 4.78 is 0. The molecular weight excluding hydrogens is 510 g/mol. The maximum absolute atomic E-state index is 13.4. The van der Waals surface area contributed by atoms with Gasteiger partial charge in [-0.15, -0.1) is 0 Å². The van der Waals surface area contributed by atoms with Crippen LogP contribution < -0.4 is 5.32 Å². The highest BCUT2D eigenvalue weighted by Gasteiger charge is 2.30. The molecule has 2 heterocycles. The number of hydrogen-bond donors (Lipinski definition) is 4. The maximum atomic E-state index is 13.4. The Labute approximate surface area is 235 Å². The monoisotopic (exact) mass is 545 g/mol. The fourth-order valence-corrected chi connectivity index (χ4v) is 5.31. The van der Waals surface area contributed by atoms with Gasteiger partial charge < -0.3 is 26.1 Å². The van der Waals surface area contributed by atoms with Gasteiger partial charge >= 0.3 is 0 Å². The van der Waals surface area contributed by atoms with Crippen LogP contribution in [-0.4, -0.2) is 57.5 Å². The van der Waals surface area contributed by atoms with Gasteiger partial charge in [0.1, 0.15) is 5.15 Å². The van der Waals surface area contributed by atoms with Gasteiger partial charge in [0, 0.05) is 54.3 Å². The molecule has 4 rings (SSSR count). The van der Waals surface area contributed by atoms with Crippen LogP contribution in [0.2, 0.25) is 5.15 Å². The first kappa shape index (κ1) is 28.6. The molecule has 4 unspecified atom stereocenters. The molecule has 1 amide bonds. The van der Waals surface area contributed by atoms with Gasteiger partial charge in [-0.05, 0) is 61.9 Å². The van der Waals surface area contributed by atoms with Crippen LogP contribution in [0.1, 0.15) is 59.3 Å². The van der Waals surface area contributed by atoms with Gasteiger partial charge in [0.15, 0.2) is 0 Å². The number of rotatable bonds is 11. The Kier molecular flexibility index (Phi) is 9.62. The molecule has 1 fully saturated rings. The van der Waals surface area contributed by atoms with E-state index in [-0.39, 0.29) is 24.4 Å². The van der Waals surface area contributed by atoms with Crippen molar-refractivity contribution in [3.63, 3.8) is 0 Å². The molecule has 0 aliphatic carbocycles. The number of carbonyl (C=O) groups is 1. The average Bonchev–Trinajstić information content (AvgIpc) is 3.40. The van der Waals surface area contributed by atoms with Crippen molar-refractivity contribution in [2.75, 3.05) is 7.05 Å². The first-order chi connectivity index (χ1) is 18.7. The number of hydrogen-bond acceptors (Lipinski definition) is 6. The third-order valence-electron chi connectivity index (χ3n) is 7.35. The molecule has 1 aliphatic heterocycles. The third kappa shape index (κ3) is 7.60. The predicted octanol–water partition coefficient (Wildman–Crippen LogP) is 5.26. The van der Waals surface area contributed by atoms with Gasteiger partial charge in [0.2, 0.25) is 0 Å². The number of halogens is 1. The van der Waals surface area contributed by atoms with Crippen LogP contribution in [0.25, 0.3) is 0 Å². The smallest absolute Gasteiger partial charge is 0.254 e. The normalized spacial score (nSPS) is 18.4. The highest BCUT2D eigenvalue weighted by Crippen LogP contribution is 2.27. The Balaban J connectivity index is 1.38. The van der Waals surface area contributed by atoms with E-state index in [1.54, 1.807) is 37.2 Å². The third-order valence-corrected chi connectivity index (χ3v) is 7.57. The molecule has 204 valence electrons. The van der Waals surface area contributed by atoms with Gasteiger partial charge in [-0.1, -0.05) is 60.1 Å². The summed E-state index contributed by atoms with van der Waals surface area (Å²) in [6, 6.07) is 20.8. The van der Waals surface area contributed by atoms with Crippen LogP contribution in [0.5, 0.6) is 0 Å². The summed E-state index contributed by atoms with van der Waals surface area (Å²) in [4.78, 5) is 19.1. The minimum absolute atomic E-state index is 0.0473. The molecule has 1 aliphatic rings. The number of aromatic nitrogens is 1. The molecule has 8 heteroatoms. The molecule has 2 aromatic carbocycles. The number of benzene rings is 2. The van der Waals surface area contributed by atoms with Crippen molar-refractivity contribution >= 4 is 28.9 Å². The molecule has 0 radical (unpaired) electrons. The zero-order valence-corrected chi connectivity index (χ0v) is 23.2. The van der Waals surface area contributed by atoms with Crippen molar-refractivity contribution in [2.45, 2.75) is 63.3 Å². The fraction of sp³-hybridized carbons (Fsp3) is 0.355. The number of amides is 1.